The van der Waals surface area contributed by atoms with Crippen molar-refractivity contribution in [2.24, 2.45) is 4.99 Å². The van der Waals surface area contributed by atoms with Crippen molar-refractivity contribution in [1.82, 2.24) is 10.2 Å². The fourth-order valence-corrected chi connectivity index (χ4v) is 3.19. The number of benzene rings is 2. The Balaban J connectivity index is 1.36. The third-order valence-corrected chi connectivity index (χ3v) is 4.74. The zero-order valence-electron chi connectivity index (χ0n) is 13.6. The predicted octanol–water partition coefficient (Wildman–Crippen LogP) is 3.70. The van der Waals surface area contributed by atoms with Crippen LogP contribution in [0.5, 0.6) is 0 Å². The molecular weight excluding hydrogens is 282 g/mol. The molecule has 0 aromatic heterocycles. The quantitative estimate of drug-likeness (QED) is 0.933. The van der Waals surface area contributed by atoms with E-state index in [0.29, 0.717) is 6.04 Å². The van der Waals surface area contributed by atoms with E-state index in [1.165, 1.54) is 29.5 Å². The van der Waals surface area contributed by atoms with Crippen LogP contribution in [0.25, 0.3) is 0 Å². The molecule has 2 aromatic carbocycles. The molecule has 1 unspecified atom stereocenters. The van der Waals surface area contributed by atoms with Crippen LogP contribution in [0.4, 0.5) is 0 Å². The zero-order chi connectivity index (χ0) is 15.6. The number of aliphatic imine (C=N–C) groups is 1. The summed E-state index contributed by atoms with van der Waals surface area (Å²) in [6.45, 7) is 1.70. The molecule has 1 fully saturated rings. The van der Waals surface area contributed by atoms with Crippen LogP contribution in [-0.2, 0) is 6.54 Å². The van der Waals surface area contributed by atoms with Crippen molar-refractivity contribution in [2.45, 2.75) is 31.3 Å². The molecule has 2 aliphatic rings. The average molecular weight is 305 g/mol. The highest BCUT2D eigenvalue weighted by atomic mass is 15.3. The molecular formula is C20H23N3. The molecule has 0 amide bonds. The normalized spacial score (nSPS) is 20.0. The van der Waals surface area contributed by atoms with Gasteiger partial charge in [0, 0.05) is 13.6 Å². The lowest BCUT2D eigenvalue weighted by Crippen LogP contribution is -2.36. The van der Waals surface area contributed by atoms with Gasteiger partial charge in [0.2, 0.25) is 0 Å². The van der Waals surface area contributed by atoms with Crippen molar-refractivity contribution in [1.29, 1.82) is 0 Å². The lowest BCUT2D eigenvalue weighted by Gasteiger charge is -2.21. The summed E-state index contributed by atoms with van der Waals surface area (Å²) < 4.78 is 0. The summed E-state index contributed by atoms with van der Waals surface area (Å²) in [5.74, 6) is 1.82. The van der Waals surface area contributed by atoms with Crippen LogP contribution in [0.2, 0.25) is 0 Å². The van der Waals surface area contributed by atoms with Crippen LogP contribution < -0.4 is 5.32 Å². The van der Waals surface area contributed by atoms with Gasteiger partial charge in [-0.2, -0.15) is 0 Å². The van der Waals surface area contributed by atoms with Gasteiger partial charge in [0.1, 0.15) is 0 Å². The van der Waals surface area contributed by atoms with Gasteiger partial charge in [-0.25, -0.2) is 0 Å². The second kappa shape index (κ2) is 6.07. The van der Waals surface area contributed by atoms with Crippen molar-refractivity contribution in [2.75, 3.05) is 13.6 Å². The summed E-state index contributed by atoms with van der Waals surface area (Å²) in [4.78, 5) is 6.88. The van der Waals surface area contributed by atoms with Gasteiger partial charge in [0.15, 0.2) is 5.96 Å². The number of hydrogen-bond donors (Lipinski definition) is 1. The number of hydrogen-bond acceptors (Lipinski definition) is 3. The summed E-state index contributed by atoms with van der Waals surface area (Å²) in [5.41, 5.74) is 4.13. The smallest absolute Gasteiger partial charge is 0.194 e. The van der Waals surface area contributed by atoms with Gasteiger partial charge >= 0.3 is 0 Å². The van der Waals surface area contributed by atoms with Crippen molar-refractivity contribution >= 4 is 5.96 Å². The van der Waals surface area contributed by atoms with Gasteiger partial charge in [0.05, 0.1) is 12.6 Å². The summed E-state index contributed by atoms with van der Waals surface area (Å²) in [5, 5.41) is 3.54. The van der Waals surface area contributed by atoms with E-state index in [4.69, 9.17) is 0 Å². The van der Waals surface area contributed by atoms with E-state index >= 15 is 0 Å². The first-order valence-electron chi connectivity index (χ1n) is 8.45. The number of rotatable bonds is 4. The second-order valence-corrected chi connectivity index (χ2v) is 6.64. The Morgan fingerprint density at radius 2 is 1.74 bits per heavy atom. The Labute approximate surface area is 138 Å². The highest BCUT2D eigenvalue weighted by Gasteiger charge is 2.23. The highest BCUT2D eigenvalue weighted by molar-refractivity contribution is 5.82. The average Bonchev–Trinajstić information content (AvgIpc) is 3.32. The molecule has 1 heterocycles. The molecule has 1 atom stereocenters. The van der Waals surface area contributed by atoms with Gasteiger partial charge in [0.25, 0.3) is 0 Å². The minimum Gasteiger partial charge on any atom is -0.348 e. The van der Waals surface area contributed by atoms with Crippen LogP contribution in [0, 0.1) is 0 Å². The van der Waals surface area contributed by atoms with E-state index in [-0.39, 0.29) is 0 Å². The zero-order valence-corrected chi connectivity index (χ0v) is 13.6. The monoisotopic (exact) mass is 305 g/mol. The van der Waals surface area contributed by atoms with Gasteiger partial charge in [-0.15, -0.1) is 0 Å². The minimum absolute atomic E-state index is 0.297. The molecule has 0 spiro atoms. The molecule has 2 aromatic rings. The Morgan fingerprint density at radius 3 is 2.43 bits per heavy atom. The van der Waals surface area contributed by atoms with E-state index in [0.717, 1.165) is 25.0 Å². The van der Waals surface area contributed by atoms with Gasteiger partial charge < -0.3 is 10.2 Å². The van der Waals surface area contributed by atoms with Crippen molar-refractivity contribution < 1.29 is 0 Å². The minimum atomic E-state index is 0.297. The Bertz CT molecular complexity index is 687. The molecule has 1 aliphatic heterocycles. The van der Waals surface area contributed by atoms with E-state index in [1.54, 1.807) is 0 Å². The van der Waals surface area contributed by atoms with E-state index < -0.39 is 0 Å². The number of nitrogens with one attached hydrogen (secondary N) is 1. The molecule has 23 heavy (non-hydrogen) atoms. The number of nitrogens with zero attached hydrogens (tertiary/aromatic N) is 2. The Kier molecular flexibility index (Phi) is 3.78. The van der Waals surface area contributed by atoms with Gasteiger partial charge in [-0.1, -0.05) is 54.6 Å². The summed E-state index contributed by atoms with van der Waals surface area (Å²) >= 11 is 0. The maximum absolute atomic E-state index is 4.68. The largest absolute Gasteiger partial charge is 0.348 e. The van der Waals surface area contributed by atoms with Crippen molar-refractivity contribution in [3.05, 3.63) is 71.3 Å². The topological polar surface area (TPSA) is 27.6 Å². The molecule has 118 valence electrons. The lowest BCUT2D eigenvalue weighted by molar-refractivity contribution is 0.480. The molecule has 4 rings (SSSR count). The fraction of sp³-hybridized carbons (Fsp3) is 0.350. The first kappa shape index (κ1) is 14.3. The third-order valence-electron chi connectivity index (χ3n) is 4.74. The van der Waals surface area contributed by atoms with Crippen molar-refractivity contribution in [3.63, 3.8) is 0 Å². The SMILES string of the molecule is CN(Cc1ccc(C2CC2)cc1)C1=NCC(c2ccccc2)N1. The number of guanidine groups is 1. The Hall–Kier alpha value is -2.29. The summed E-state index contributed by atoms with van der Waals surface area (Å²) in [7, 11) is 2.11. The van der Waals surface area contributed by atoms with E-state index in [9.17, 15) is 0 Å². The summed E-state index contributed by atoms with van der Waals surface area (Å²) in [6, 6.07) is 19.9. The summed E-state index contributed by atoms with van der Waals surface area (Å²) in [6.07, 6.45) is 2.72. The molecule has 1 aliphatic carbocycles. The molecule has 1 saturated carbocycles. The van der Waals surface area contributed by atoms with Gasteiger partial charge in [-0.3, -0.25) is 4.99 Å². The van der Waals surface area contributed by atoms with E-state index in [1.807, 2.05) is 0 Å². The highest BCUT2D eigenvalue weighted by Crippen LogP contribution is 2.39. The Morgan fingerprint density at radius 1 is 1.00 bits per heavy atom. The van der Waals surface area contributed by atoms with Gasteiger partial charge in [-0.05, 0) is 35.4 Å². The molecule has 3 nitrogen and oxygen atoms in total. The molecule has 0 saturated heterocycles. The molecule has 0 bridgehead atoms. The van der Waals surface area contributed by atoms with Crippen LogP contribution in [0.15, 0.2) is 59.6 Å². The van der Waals surface area contributed by atoms with Crippen LogP contribution in [0.3, 0.4) is 0 Å². The molecule has 1 N–H and O–H groups in total. The van der Waals surface area contributed by atoms with Crippen molar-refractivity contribution in [3.8, 4) is 0 Å². The standard InChI is InChI=1S/C20H23N3/c1-23(14-15-7-9-16(10-8-15)17-11-12-17)20-21-13-19(22-20)18-5-3-2-4-6-18/h2-10,17,19H,11-14H2,1H3,(H,21,22). The maximum atomic E-state index is 4.68. The second-order valence-electron chi connectivity index (χ2n) is 6.64. The fourth-order valence-electron chi connectivity index (χ4n) is 3.19. The first-order valence-corrected chi connectivity index (χ1v) is 8.45. The van der Waals surface area contributed by atoms with Crippen LogP contribution in [-0.4, -0.2) is 24.5 Å². The maximum Gasteiger partial charge on any atom is 0.194 e. The molecule has 3 heteroatoms. The first-order chi connectivity index (χ1) is 11.3. The molecule has 0 radical (unpaired) electrons. The van der Waals surface area contributed by atoms with Crippen LogP contribution in [0.1, 0.15) is 41.5 Å². The van der Waals surface area contributed by atoms with Crippen LogP contribution >= 0.6 is 0 Å². The lowest BCUT2D eigenvalue weighted by atomic mass is 10.1. The third kappa shape index (κ3) is 3.24. The van der Waals surface area contributed by atoms with E-state index in [2.05, 4.69) is 76.9 Å². The predicted molar refractivity (Wildman–Crippen MR) is 94.5 cm³/mol.